The van der Waals surface area contributed by atoms with Crippen LogP contribution in [0.2, 0.25) is 5.15 Å². The van der Waals surface area contributed by atoms with Crippen molar-refractivity contribution in [2.75, 3.05) is 26.2 Å². The number of hydrogen-bond acceptors (Lipinski definition) is 6. The van der Waals surface area contributed by atoms with Gasteiger partial charge in [0.05, 0.1) is 35.8 Å². The first kappa shape index (κ1) is 28.5. The van der Waals surface area contributed by atoms with Crippen LogP contribution in [0.3, 0.4) is 0 Å². The van der Waals surface area contributed by atoms with E-state index in [9.17, 15) is 19.1 Å². The van der Waals surface area contributed by atoms with Crippen LogP contribution in [0.1, 0.15) is 48.7 Å². The quantitative estimate of drug-likeness (QED) is 0.362. The van der Waals surface area contributed by atoms with Gasteiger partial charge in [0, 0.05) is 30.9 Å². The molecular formula is C31H33ClFN5O4. The number of nitrogens with one attached hydrogen (secondary N) is 1. The van der Waals surface area contributed by atoms with Crippen LogP contribution < -0.4 is 10.9 Å². The number of benzene rings is 2. The number of morpholine rings is 1. The van der Waals surface area contributed by atoms with E-state index in [1.807, 2.05) is 24.3 Å². The lowest BCUT2D eigenvalue weighted by molar-refractivity contribution is -0.0586. The number of hydrogen-bond donors (Lipinski definition) is 2. The molecule has 0 spiro atoms. The lowest BCUT2D eigenvalue weighted by Gasteiger charge is -2.38. The van der Waals surface area contributed by atoms with Gasteiger partial charge in [0.2, 0.25) is 0 Å². The minimum absolute atomic E-state index is 0.0398. The first-order valence-electron chi connectivity index (χ1n) is 14.0. The van der Waals surface area contributed by atoms with Gasteiger partial charge in [-0.05, 0) is 74.7 Å². The van der Waals surface area contributed by atoms with Crippen molar-refractivity contribution in [3.05, 3.63) is 93.4 Å². The number of rotatable bonds is 5. The Labute approximate surface area is 247 Å². The first-order chi connectivity index (χ1) is 20.0. The number of carbonyl (C=O) groups is 1. The summed E-state index contributed by atoms with van der Waals surface area (Å²) in [4.78, 5) is 32.4. The normalized spacial score (nSPS) is 20.1. The maximum Gasteiger partial charge on any atom is 0.262 e. The maximum absolute atomic E-state index is 13.5. The van der Waals surface area contributed by atoms with Crippen LogP contribution >= 0.6 is 11.6 Å². The fourth-order valence-corrected chi connectivity index (χ4v) is 5.96. The van der Waals surface area contributed by atoms with Gasteiger partial charge < -0.3 is 20.1 Å². The molecule has 1 atom stereocenters. The minimum Gasteiger partial charge on any atom is -0.388 e. The van der Waals surface area contributed by atoms with Gasteiger partial charge in [0.15, 0.2) is 5.65 Å². The summed E-state index contributed by atoms with van der Waals surface area (Å²) in [5.41, 5.74) is 1.01. The van der Waals surface area contributed by atoms with E-state index in [0.29, 0.717) is 41.4 Å². The number of aromatic nitrogens is 3. The van der Waals surface area contributed by atoms with Gasteiger partial charge in [-0.1, -0.05) is 23.7 Å². The summed E-state index contributed by atoms with van der Waals surface area (Å²) in [5.74, 6) is -0.620. The zero-order valence-electron chi connectivity index (χ0n) is 23.5. The molecule has 1 amide bonds. The highest BCUT2D eigenvalue weighted by atomic mass is 35.5. The van der Waals surface area contributed by atoms with Gasteiger partial charge >= 0.3 is 0 Å². The Morgan fingerprint density at radius 1 is 1.14 bits per heavy atom. The molecule has 2 N–H and O–H groups in total. The first-order valence-corrected chi connectivity index (χ1v) is 14.4. The van der Waals surface area contributed by atoms with Crippen LogP contribution in [-0.2, 0) is 11.3 Å². The third-order valence-electron chi connectivity index (χ3n) is 8.25. The van der Waals surface area contributed by atoms with Gasteiger partial charge in [-0.25, -0.2) is 9.37 Å². The Morgan fingerprint density at radius 2 is 1.83 bits per heavy atom. The zero-order valence-corrected chi connectivity index (χ0v) is 24.3. The molecule has 220 valence electrons. The van der Waals surface area contributed by atoms with E-state index in [-0.39, 0.29) is 42.5 Å². The second-order valence-corrected chi connectivity index (χ2v) is 12.2. The van der Waals surface area contributed by atoms with Crippen LogP contribution in [0.5, 0.6) is 0 Å². The number of aliphatic hydroxyl groups is 1. The summed E-state index contributed by atoms with van der Waals surface area (Å²) in [6.45, 7) is 6.12. The van der Waals surface area contributed by atoms with E-state index in [2.05, 4.69) is 24.1 Å². The number of amides is 1. The largest absolute Gasteiger partial charge is 0.388 e. The molecule has 2 aromatic heterocycles. The summed E-state index contributed by atoms with van der Waals surface area (Å²) < 4.78 is 22.3. The average molecular weight is 594 g/mol. The highest BCUT2D eigenvalue weighted by Crippen LogP contribution is 2.29. The van der Waals surface area contributed by atoms with Gasteiger partial charge in [0.25, 0.3) is 11.5 Å². The van der Waals surface area contributed by atoms with Gasteiger partial charge in [0.1, 0.15) is 17.3 Å². The molecule has 0 bridgehead atoms. The molecule has 2 aliphatic heterocycles. The van der Waals surface area contributed by atoms with Crippen molar-refractivity contribution in [2.24, 2.45) is 0 Å². The van der Waals surface area contributed by atoms with Crippen molar-refractivity contribution in [3.8, 4) is 5.69 Å². The van der Waals surface area contributed by atoms with E-state index in [0.717, 1.165) is 17.8 Å². The van der Waals surface area contributed by atoms with Gasteiger partial charge in [-0.15, -0.1) is 0 Å². The second-order valence-electron chi connectivity index (χ2n) is 11.8. The molecule has 2 aliphatic rings. The smallest absolute Gasteiger partial charge is 0.262 e. The Kier molecular flexibility index (Phi) is 7.43. The van der Waals surface area contributed by atoms with E-state index in [1.54, 1.807) is 15.5 Å². The number of nitrogens with zero attached hydrogens (tertiary/aromatic N) is 4. The Balaban J connectivity index is 1.17. The molecule has 4 aromatic rings. The second kappa shape index (κ2) is 10.9. The van der Waals surface area contributed by atoms with Crippen LogP contribution in [0.25, 0.3) is 16.7 Å². The third kappa shape index (κ3) is 5.59. The number of carbonyl (C=O) groups excluding carboxylic acids is 1. The van der Waals surface area contributed by atoms with Gasteiger partial charge in [-0.2, -0.15) is 0 Å². The van der Waals surface area contributed by atoms with Crippen LogP contribution in [0.4, 0.5) is 4.39 Å². The molecule has 6 rings (SSSR count). The fraction of sp³-hybridized carbons (Fsp3) is 0.387. The molecule has 0 radical (unpaired) electrons. The molecular weight excluding hydrogens is 561 g/mol. The lowest BCUT2D eigenvalue weighted by Crippen LogP contribution is -2.49. The predicted octanol–water partition coefficient (Wildman–Crippen LogP) is 4.09. The molecule has 11 heteroatoms. The zero-order chi connectivity index (χ0) is 29.6. The topological polar surface area (TPSA) is 102 Å². The van der Waals surface area contributed by atoms with Crippen molar-refractivity contribution in [1.82, 2.24) is 24.3 Å². The minimum atomic E-state index is -1.19. The summed E-state index contributed by atoms with van der Waals surface area (Å²) in [7, 11) is 0. The third-order valence-corrected chi connectivity index (χ3v) is 8.52. The van der Waals surface area contributed by atoms with E-state index < -0.39 is 11.4 Å². The summed E-state index contributed by atoms with van der Waals surface area (Å²) in [6, 6.07) is 15.0. The summed E-state index contributed by atoms with van der Waals surface area (Å²) >= 11 is 6.61. The van der Waals surface area contributed by atoms with Crippen molar-refractivity contribution in [2.45, 2.75) is 50.5 Å². The van der Waals surface area contributed by atoms with E-state index in [1.165, 1.54) is 35.2 Å². The summed E-state index contributed by atoms with van der Waals surface area (Å²) in [6.07, 6.45) is 2.01. The van der Waals surface area contributed by atoms with Crippen LogP contribution in [-0.4, -0.2) is 67.5 Å². The predicted molar refractivity (Wildman–Crippen MR) is 158 cm³/mol. The Hall–Kier alpha value is -3.57. The fourth-order valence-electron chi connectivity index (χ4n) is 5.68. The molecule has 42 heavy (non-hydrogen) atoms. The monoisotopic (exact) mass is 593 g/mol. The summed E-state index contributed by atoms with van der Waals surface area (Å²) in [5, 5.41) is 15.5. The number of fused-ring (bicyclic) bond motifs is 1. The molecule has 2 saturated heterocycles. The van der Waals surface area contributed by atoms with Crippen molar-refractivity contribution in [3.63, 3.8) is 0 Å². The molecule has 1 unspecified atom stereocenters. The molecule has 2 fully saturated rings. The molecule has 9 nitrogen and oxygen atoms in total. The molecule has 4 heterocycles. The lowest BCUT2D eigenvalue weighted by atomic mass is 9.91. The van der Waals surface area contributed by atoms with E-state index in [4.69, 9.17) is 16.3 Å². The molecule has 0 saturated carbocycles. The highest BCUT2D eigenvalue weighted by molar-refractivity contribution is 6.31. The Bertz CT molecular complexity index is 1660. The SMILES string of the molecule is CC1(C)CNC(c2ccc(-n3c(Cl)cc4c(=O)n(CC5(O)CCN(C(=O)c6ccc(F)cc6)CC5)cnc43)cc2)CO1. The van der Waals surface area contributed by atoms with Crippen molar-refractivity contribution < 1.29 is 19.0 Å². The van der Waals surface area contributed by atoms with Crippen molar-refractivity contribution >= 4 is 28.5 Å². The average Bonchev–Trinajstić information content (AvgIpc) is 3.31. The number of halogens is 2. The highest BCUT2D eigenvalue weighted by Gasteiger charge is 2.35. The van der Waals surface area contributed by atoms with Crippen LogP contribution in [0, 0.1) is 5.82 Å². The number of likely N-dealkylation sites (tertiary alicyclic amines) is 1. The Morgan fingerprint density at radius 3 is 2.48 bits per heavy atom. The molecule has 0 aliphatic carbocycles. The number of ether oxygens (including phenoxy) is 1. The maximum atomic E-state index is 13.5. The van der Waals surface area contributed by atoms with Crippen molar-refractivity contribution in [1.29, 1.82) is 0 Å². The van der Waals surface area contributed by atoms with Crippen LogP contribution in [0.15, 0.2) is 65.7 Å². The van der Waals surface area contributed by atoms with Gasteiger partial charge in [-0.3, -0.25) is 18.7 Å². The molecule has 2 aromatic carbocycles. The van der Waals surface area contributed by atoms with E-state index >= 15 is 0 Å². The number of piperidine rings is 1. The standard InChI is InChI=1S/C31H33ClFN5O4/c1-30(2)17-34-25(16-42-30)20-5-9-23(10-6-20)38-26(32)15-24-27(38)35-19-37(29(24)40)18-31(41)11-13-36(14-12-31)28(39)21-3-7-22(33)8-4-21/h3-10,15,19,25,34,41H,11-14,16-18H2,1-2H3.